The lowest BCUT2D eigenvalue weighted by Gasteiger charge is -2.39. The van der Waals surface area contributed by atoms with E-state index in [9.17, 15) is 14.9 Å². The second kappa shape index (κ2) is 6.29. The van der Waals surface area contributed by atoms with Gasteiger partial charge in [0, 0.05) is 29.7 Å². The van der Waals surface area contributed by atoms with Crippen LogP contribution in [0.1, 0.15) is 32.6 Å². The van der Waals surface area contributed by atoms with Crippen LogP contribution in [-0.2, 0) is 4.79 Å². The number of nitro groups is 1. The highest BCUT2D eigenvalue weighted by molar-refractivity contribution is 6.33. The van der Waals surface area contributed by atoms with Gasteiger partial charge in [0.2, 0.25) is 0 Å². The molecule has 1 aliphatic carbocycles. The van der Waals surface area contributed by atoms with Gasteiger partial charge in [0.15, 0.2) is 0 Å². The molecule has 1 aliphatic rings. The van der Waals surface area contributed by atoms with Crippen molar-refractivity contribution in [3.05, 3.63) is 39.4 Å². The van der Waals surface area contributed by atoms with Gasteiger partial charge in [-0.25, -0.2) is 4.79 Å². The van der Waals surface area contributed by atoms with Crippen molar-refractivity contribution in [3.63, 3.8) is 0 Å². The maximum absolute atomic E-state index is 10.8. The molecule has 0 aliphatic heterocycles. The molecule has 0 saturated heterocycles. The molecular formula is C15H17ClN2O3. The van der Waals surface area contributed by atoms with Gasteiger partial charge in [-0.15, -0.1) is 0 Å². The molecule has 0 bridgehead atoms. The summed E-state index contributed by atoms with van der Waals surface area (Å²) in [4.78, 5) is 21.0. The average molecular weight is 309 g/mol. The van der Waals surface area contributed by atoms with Crippen LogP contribution in [-0.4, -0.2) is 16.9 Å². The minimum atomic E-state index is -0.477. The van der Waals surface area contributed by atoms with E-state index in [2.05, 4.69) is 5.32 Å². The van der Waals surface area contributed by atoms with Crippen molar-refractivity contribution in [3.8, 4) is 0 Å². The van der Waals surface area contributed by atoms with E-state index in [1.165, 1.54) is 12.1 Å². The van der Waals surface area contributed by atoms with Crippen molar-refractivity contribution in [2.24, 2.45) is 5.41 Å². The molecular weight excluding hydrogens is 292 g/mol. The molecule has 0 aromatic heterocycles. The van der Waals surface area contributed by atoms with Crippen molar-refractivity contribution >= 4 is 28.9 Å². The van der Waals surface area contributed by atoms with E-state index in [1.54, 1.807) is 12.1 Å². The molecule has 5 nitrogen and oxygen atoms in total. The number of nitrogens with one attached hydrogen (secondary N) is 1. The third-order valence-electron chi connectivity index (χ3n) is 4.14. The highest BCUT2D eigenvalue weighted by Crippen LogP contribution is 2.39. The Labute approximate surface area is 128 Å². The topological polar surface area (TPSA) is 72.2 Å². The van der Waals surface area contributed by atoms with Crippen molar-refractivity contribution in [2.75, 3.05) is 5.32 Å². The standard InChI is InChI=1S/C15H17ClN2O3/c1-15(8-9-19)7-3-2-4-14(15)17-13-6-5-11(18(20)21)10-12(13)16/h5-6,8,10,14,17H,2-4,7H2,1H3. The normalized spacial score (nSPS) is 25.0. The molecule has 0 radical (unpaired) electrons. The maximum atomic E-state index is 10.8. The first-order valence-electron chi connectivity index (χ1n) is 6.89. The van der Waals surface area contributed by atoms with Crippen LogP contribution in [0.15, 0.2) is 24.3 Å². The number of hydrogen-bond acceptors (Lipinski definition) is 4. The highest BCUT2D eigenvalue weighted by Gasteiger charge is 2.35. The number of hydrogen-bond donors (Lipinski definition) is 1. The van der Waals surface area contributed by atoms with E-state index in [4.69, 9.17) is 11.6 Å². The predicted molar refractivity (Wildman–Crippen MR) is 82.4 cm³/mol. The summed E-state index contributed by atoms with van der Waals surface area (Å²) in [7, 11) is 0. The number of benzene rings is 1. The summed E-state index contributed by atoms with van der Waals surface area (Å²) < 4.78 is 0. The lowest BCUT2D eigenvalue weighted by atomic mass is 9.71. The number of nitrogens with zero attached hydrogens (tertiary/aromatic N) is 1. The average Bonchev–Trinajstić information content (AvgIpc) is 2.43. The zero-order valence-electron chi connectivity index (χ0n) is 11.8. The Balaban J connectivity index is 2.23. The Morgan fingerprint density at radius 3 is 2.90 bits per heavy atom. The summed E-state index contributed by atoms with van der Waals surface area (Å²) in [5, 5.41) is 14.4. The lowest BCUT2D eigenvalue weighted by Crippen LogP contribution is -2.40. The van der Waals surface area contributed by atoms with Crippen LogP contribution in [0.5, 0.6) is 0 Å². The minimum absolute atomic E-state index is 0.0373. The first-order chi connectivity index (χ1) is 9.96. The molecule has 2 rings (SSSR count). The molecule has 2 unspecified atom stereocenters. The fourth-order valence-electron chi connectivity index (χ4n) is 2.83. The quantitative estimate of drug-likeness (QED) is 0.518. The Morgan fingerprint density at radius 1 is 1.52 bits per heavy atom. The van der Waals surface area contributed by atoms with E-state index in [1.807, 2.05) is 12.9 Å². The van der Waals surface area contributed by atoms with Crippen molar-refractivity contribution in [1.82, 2.24) is 0 Å². The molecule has 1 aromatic rings. The Kier molecular flexibility index (Phi) is 4.66. The van der Waals surface area contributed by atoms with E-state index in [-0.39, 0.29) is 17.1 Å². The highest BCUT2D eigenvalue weighted by atomic mass is 35.5. The number of nitro benzene ring substituents is 1. The van der Waals surface area contributed by atoms with E-state index in [0.717, 1.165) is 25.7 Å². The largest absolute Gasteiger partial charge is 0.380 e. The summed E-state index contributed by atoms with van der Waals surface area (Å²) in [5.41, 5.74) is 0.343. The van der Waals surface area contributed by atoms with Crippen LogP contribution < -0.4 is 5.32 Å². The van der Waals surface area contributed by atoms with Crippen LogP contribution in [0.2, 0.25) is 5.02 Å². The first kappa shape index (κ1) is 15.5. The second-order valence-corrected chi connectivity index (χ2v) is 6.04. The van der Waals surface area contributed by atoms with Crippen LogP contribution >= 0.6 is 11.6 Å². The molecule has 1 aromatic carbocycles. The van der Waals surface area contributed by atoms with Gasteiger partial charge in [0.1, 0.15) is 5.94 Å². The smallest absolute Gasteiger partial charge is 0.271 e. The van der Waals surface area contributed by atoms with E-state index >= 15 is 0 Å². The Morgan fingerprint density at radius 2 is 2.29 bits per heavy atom. The predicted octanol–water partition coefficient (Wildman–Crippen LogP) is 4.00. The number of halogens is 1. The minimum Gasteiger partial charge on any atom is -0.380 e. The van der Waals surface area contributed by atoms with Gasteiger partial charge in [-0.2, -0.15) is 0 Å². The van der Waals surface area contributed by atoms with E-state index < -0.39 is 4.92 Å². The van der Waals surface area contributed by atoms with Crippen molar-refractivity contribution in [1.29, 1.82) is 0 Å². The summed E-state index contributed by atoms with van der Waals surface area (Å²) in [6, 6.07) is 4.43. The first-order valence-corrected chi connectivity index (χ1v) is 7.26. The SMILES string of the molecule is CC1(C=C=O)CCCCC1Nc1ccc([N+](=O)[O-])cc1Cl. The van der Waals surface area contributed by atoms with Gasteiger partial charge in [0.25, 0.3) is 5.69 Å². The third-order valence-corrected chi connectivity index (χ3v) is 4.45. The molecule has 0 heterocycles. The molecule has 2 atom stereocenters. The number of anilines is 1. The third kappa shape index (κ3) is 3.43. The Bertz CT molecular complexity index is 599. The number of carbonyl (C=O) groups excluding carboxylic acids is 1. The fourth-order valence-corrected chi connectivity index (χ4v) is 3.05. The van der Waals surface area contributed by atoms with Gasteiger partial charge in [-0.1, -0.05) is 31.4 Å². The Hall–Kier alpha value is -1.84. The van der Waals surface area contributed by atoms with Gasteiger partial charge in [-0.05, 0) is 18.9 Å². The molecule has 21 heavy (non-hydrogen) atoms. The van der Waals surface area contributed by atoms with E-state index in [0.29, 0.717) is 10.7 Å². The monoisotopic (exact) mass is 308 g/mol. The molecule has 112 valence electrons. The summed E-state index contributed by atoms with van der Waals surface area (Å²) >= 11 is 6.11. The molecule has 0 amide bonds. The zero-order chi connectivity index (χ0) is 15.5. The summed E-state index contributed by atoms with van der Waals surface area (Å²) in [6.45, 7) is 2.02. The second-order valence-electron chi connectivity index (χ2n) is 5.63. The van der Waals surface area contributed by atoms with Crippen LogP contribution in [0, 0.1) is 15.5 Å². The van der Waals surface area contributed by atoms with Gasteiger partial charge in [0.05, 0.1) is 15.6 Å². The van der Waals surface area contributed by atoms with Gasteiger partial charge < -0.3 is 5.32 Å². The fraction of sp³-hybridized carbons (Fsp3) is 0.467. The summed E-state index contributed by atoms with van der Waals surface area (Å²) in [5.74, 6) is 1.90. The number of non-ortho nitro benzene ring substituents is 1. The van der Waals surface area contributed by atoms with Crippen LogP contribution in [0.3, 0.4) is 0 Å². The molecule has 1 N–H and O–H groups in total. The van der Waals surface area contributed by atoms with Crippen LogP contribution in [0.25, 0.3) is 0 Å². The zero-order valence-corrected chi connectivity index (χ0v) is 12.5. The van der Waals surface area contributed by atoms with Crippen LogP contribution in [0.4, 0.5) is 11.4 Å². The summed E-state index contributed by atoms with van der Waals surface area (Å²) in [6.07, 6.45) is 5.54. The lowest BCUT2D eigenvalue weighted by molar-refractivity contribution is -0.384. The van der Waals surface area contributed by atoms with Gasteiger partial charge >= 0.3 is 0 Å². The van der Waals surface area contributed by atoms with Crippen molar-refractivity contribution < 1.29 is 9.72 Å². The maximum Gasteiger partial charge on any atom is 0.271 e. The number of rotatable bonds is 4. The molecule has 1 saturated carbocycles. The molecule has 6 heteroatoms. The molecule has 0 spiro atoms. The molecule has 1 fully saturated rings. The van der Waals surface area contributed by atoms with Crippen molar-refractivity contribution in [2.45, 2.75) is 38.6 Å². The van der Waals surface area contributed by atoms with Gasteiger partial charge in [-0.3, -0.25) is 10.1 Å².